The zero-order chi connectivity index (χ0) is 17.2. The Hall–Kier alpha value is -1.66. The molecule has 1 aromatic carbocycles. The standard InChI is InChI=1S/C18H25N3O2S/c1-14(2)15-7-9-17(10-8-15)24(22,23)20-11-12-21-18-6-4-3-5-16(18)13-19-21/h7-10,13-14,20H,3-6,11-12H2,1-2H3. The lowest BCUT2D eigenvalue weighted by molar-refractivity contribution is 0.538. The van der Waals surface area contributed by atoms with Gasteiger partial charge in [-0.15, -0.1) is 0 Å². The van der Waals surface area contributed by atoms with Crippen molar-refractivity contribution in [3.63, 3.8) is 0 Å². The van der Waals surface area contributed by atoms with E-state index < -0.39 is 10.0 Å². The summed E-state index contributed by atoms with van der Waals surface area (Å²) in [5, 5.41) is 4.40. The smallest absolute Gasteiger partial charge is 0.240 e. The quantitative estimate of drug-likeness (QED) is 0.874. The number of fused-ring (bicyclic) bond motifs is 1. The molecule has 0 amide bonds. The molecule has 0 bridgehead atoms. The highest BCUT2D eigenvalue weighted by molar-refractivity contribution is 7.89. The van der Waals surface area contributed by atoms with Crippen LogP contribution in [-0.2, 0) is 29.4 Å². The molecule has 5 nitrogen and oxygen atoms in total. The largest absolute Gasteiger partial charge is 0.268 e. The fourth-order valence-corrected chi connectivity index (χ4v) is 4.17. The van der Waals surface area contributed by atoms with Crippen LogP contribution in [0.15, 0.2) is 35.4 Å². The fraction of sp³-hybridized carbons (Fsp3) is 0.500. The average molecular weight is 347 g/mol. The first-order chi connectivity index (χ1) is 11.5. The molecule has 0 atom stereocenters. The molecule has 0 fully saturated rings. The summed E-state index contributed by atoms with van der Waals surface area (Å²) in [6.07, 6.45) is 6.46. The zero-order valence-electron chi connectivity index (χ0n) is 14.3. The number of aryl methyl sites for hydroxylation is 1. The maximum Gasteiger partial charge on any atom is 0.240 e. The van der Waals surface area contributed by atoms with Crippen molar-refractivity contribution in [3.8, 4) is 0 Å². The van der Waals surface area contributed by atoms with Crippen molar-refractivity contribution < 1.29 is 8.42 Å². The van der Waals surface area contributed by atoms with Gasteiger partial charge in [0, 0.05) is 12.2 Å². The van der Waals surface area contributed by atoms with E-state index in [2.05, 4.69) is 23.7 Å². The predicted molar refractivity (Wildman–Crippen MR) is 94.6 cm³/mol. The molecule has 3 rings (SSSR count). The van der Waals surface area contributed by atoms with Crippen LogP contribution in [0.5, 0.6) is 0 Å². The number of nitrogens with zero attached hydrogens (tertiary/aromatic N) is 2. The summed E-state index contributed by atoms with van der Waals surface area (Å²) in [5.74, 6) is 0.390. The highest BCUT2D eigenvalue weighted by Crippen LogP contribution is 2.20. The lowest BCUT2D eigenvalue weighted by Gasteiger charge is -2.14. The minimum Gasteiger partial charge on any atom is -0.268 e. The van der Waals surface area contributed by atoms with Crippen molar-refractivity contribution in [1.82, 2.24) is 14.5 Å². The van der Waals surface area contributed by atoms with E-state index in [1.54, 1.807) is 12.1 Å². The van der Waals surface area contributed by atoms with Crippen LogP contribution in [0, 0.1) is 0 Å². The number of nitrogens with one attached hydrogen (secondary N) is 1. The SMILES string of the molecule is CC(C)c1ccc(S(=O)(=O)NCCn2ncc3c2CCCC3)cc1. The highest BCUT2D eigenvalue weighted by Gasteiger charge is 2.17. The second-order valence-electron chi connectivity index (χ2n) is 6.67. The molecular weight excluding hydrogens is 322 g/mol. The molecule has 0 saturated heterocycles. The Morgan fingerprint density at radius 3 is 2.58 bits per heavy atom. The van der Waals surface area contributed by atoms with E-state index in [4.69, 9.17) is 0 Å². The summed E-state index contributed by atoms with van der Waals surface area (Å²) in [6, 6.07) is 7.10. The molecule has 0 aliphatic heterocycles. The van der Waals surface area contributed by atoms with Crippen LogP contribution in [0.4, 0.5) is 0 Å². The average Bonchev–Trinajstić information content (AvgIpc) is 2.98. The van der Waals surface area contributed by atoms with Crippen LogP contribution in [0.25, 0.3) is 0 Å². The first-order valence-corrected chi connectivity index (χ1v) is 10.1. The monoisotopic (exact) mass is 347 g/mol. The summed E-state index contributed by atoms with van der Waals surface area (Å²) >= 11 is 0. The van der Waals surface area contributed by atoms with Gasteiger partial charge in [0.05, 0.1) is 17.6 Å². The summed E-state index contributed by atoms with van der Waals surface area (Å²) < 4.78 is 29.4. The Balaban J connectivity index is 1.62. The molecule has 1 aliphatic rings. The van der Waals surface area contributed by atoms with E-state index in [9.17, 15) is 8.42 Å². The number of rotatable bonds is 6. The van der Waals surface area contributed by atoms with Crippen LogP contribution >= 0.6 is 0 Å². The second-order valence-corrected chi connectivity index (χ2v) is 8.44. The van der Waals surface area contributed by atoms with Gasteiger partial charge in [-0.1, -0.05) is 26.0 Å². The van der Waals surface area contributed by atoms with Crippen LogP contribution in [-0.4, -0.2) is 24.7 Å². The summed E-state index contributed by atoms with van der Waals surface area (Å²) in [5.41, 5.74) is 3.72. The Morgan fingerprint density at radius 2 is 1.88 bits per heavy atom. The maximum atomic E-state index is 12.4. The van der Waals surface area contributed by atoms with Gasteiger partial charge in [0.15, 0.2) is 0 Å². The predicted octanol–water partition coefficient (Wildman–Crippen LogP) is 2.86. The summed E-state index contributed by atoms with van der Waals surface area (Å²) in [6.45, 7) is 5.10. The topological polar surface area (TPSA) is 64.0 Å². The third-order valence-corrected chi connectivity index (χ3v) is 6.09. The fourth-order valence-electron chi connectivity index (χ4n) is 3.15. The summed E-state index contributed by atoms with van der Waals surface area (Å²) in [4.78, 5) is 0.314. The normalized spacial score (nSPS) is 14.8. The van der Waals surface area contributed by atoms with Crippen molar-refractivity contribution in [2.75, 3.05) is 6.54 Å². The Kier molecular flexibility index (Phi) is 5.06. The minimum atomic E-state index is -3.47. The van der Waals surface area contributed by atoms with Gasteiger partial charge in [-0.2, -0.15) is 5.10 Å². The van der Waals surface area contributed by atoms with Gasteiger partial charge < -0.3 is 0 Å². The van der Waals surface area contributed by atoms with Gasteiger partial charge in [-0.3, -0.25) is 4.68 Å². The molecule has 1 heterocycles. The lowest BCUT2D eigenvalue weighted by Crippen LogP contribution is -2.28. The van der Waals surface area contributed by atoms with Crippen LogP contribution < -0.4 is 4.72 Å². The van der Waals surface area contributed by atoms with Gasteiger partial charge >= 0.3 is 0 Å². The Bertz CT molecular complexity index is 792. The first-order valence-electron chi connectivity index (χ1n) is 8.60. The molecule has 130 valence electrons. The van der Waals surface area contributed by atoms with Gasteiger partial charge in [-0.05, 0) is 54.9 Å². The van der Waals surface area contributed by atoms with E-state index in [1.165, 1.54) is 24.1 Å². The van der Waals surface area contributed by atoms with Crippen molar-refractivity contribution in [2.45, 2.75) is 56.9 Å². The molecule has 1 N–H and O–H groups in total. The molecule has 0 saturated carbocycles. The molecule has 0 unspecified atom stereocenters. The van der Waals surface area contributed by atoms with Gasteiger partial charge in [0.2, 0.25) is 10.0 Å². The van der Waals surface area contributed by atoms with Crippen molar-refractivity contribution >= 4 is 10.0 Å². The highest BCUT2D eigenvalue weighted by atomic mass is 32.2. The number of hydrogen-bond donors (Lipinski definition) is 1. The van der Waals surface area contributed by atoms with E-state index in [0.717, 1.165) is 18.4 Å². The van der Waals surface area contributed by atoms with Crippen molar-refractivity contribution in [1.29, 1.82) is 0 Å². The minimum absolute atomic E-state index is 0.314. The van der Waals surface area contributed by atoms with E-state index in [1.807, 2.05) is 23.0 Å². The molecule has 1 aliphatic carbocycles. The molecule has 1 aromatic heterocycles. The van der Waals surface area contributed by atoms with E-state index in [0.29, 0.717) is 23.9 Å². The molecule has 24 heavy (non-hydrogen) atoms. The van der Waals surface area contributed by atoms with Crippen LogP contribution in [0.1, 0.15) is 49.4 Å². The molecule has 0 spiro atoms. The van der Waals surface area contributed by atoms with Crippen LogP contribution in [0.3, 0.4) is 0 Å². The number of aromatic nitrogens is 2. The Morgan fingerprint density at radius 1 is 1.17 bits per heavy atom. The lowest BCUT2D eigenvalue weighted by atomic mass is 9.98. The van der Waals surface area contributed by atoms with E-state index >= 15 is 0 Å². The third kappa shape index (κ3) is 3.70. The molecule has 2 aromatic rings. The first kappa shape index (κ1) is 17.2. The van der Waals surface area contributed by atoms with Crippen LogP contribution in [0.2, 0.25) is 0 Å². The number of sulfonamides is 1. The van der Waals surface area contributed by atoms with Gasteiger partial charge in [0.1, 0.15) is 0 Å². The molecule has 0 radical (unpaired) electrons. The van der Waals surface area contributed by atoms with Crippen molar-refractivity contribution in [2.24, 2.45) is 0 Å². The summed E-state index contributed by atoms with van der Waals surface area (Å²) in [7, 11) is -3.47. The molecule has 6 heteroatoms. The van der Waals surface area contributed by atoms with Gasteiger partial charge in [-0.25, -0.2) is 13.1 Å². The molecular formula is C18H25N3O2S. The van der Waals surface area contributed by atoms with Crippen molar-refractivity contribution in [3.05, 3.63) is 47.3 Å². The second kappa shape index (κ2) is 7.07. The maximum absolute atomic E-state index is 12.4. The zero-order valence-corrected chi connectivity index (χ0v) is 15.1. The van der Waals surface area contributed by atoms with E-state index in [-0.39, 0.29) is 0 Å². The number of hydrogen-bond acceptors (Lipinski definition) is 3. The number of benzene rings is 1. The van der Waals surface area contributed by atoms with Gasteiger partial charge in [0.25, 0.3) is 0 Å². The Labute approximate surface area is 144 Å². The third-order valence-electron chi connectivity index (χ3n) is 4.62.